The molecule has 260 valence electrons. The summed E-state index contributed by atoms with van der Waals surface area (Å²) in [6.45, 7) is -0.439. The predicted molar refractivity (Wildman–Crippen MR) is 164 cm³/mol. The minimum atomic E-state index is -5.06. The van der Waals surface area contributed by atoms with Crippen molar-refractivity contribution < 1.29 is 49.8 Å². The molecular weight excluding hydrogens is 757 g/mol. The van der Waals surface area contributed by atoms with Gasteiger partial charge in [-0.1, -0.05) is 17.7 Å². The highest BCUT2D eigenvalue weighted by atomic mass is 79.9. The summed E-state index contributed by atoms with van der Waals surface area (Å²) in [6, 6.07) is 10.6. The van der Waals surface area contributed by atoms with Crippen LogP contribution in [0.3, 0.4) is 0 Å². The van der Waals surface area contributed by atoms with E-state index in [0.29, 0.717) is 10.5 Å². The normalized spacial score (nSPS) is 13.9. The molecule has 0 radical (unpaired) electrons. The van der Waals surface area contributed by atoms with Gasteiger partial charge >= 0.3 is 18.2 Å². The van der Waals surface area contributed by atoms with E-state index in [-0.39, 0.29) is 58.6 Å². The number of ether oxygens (including phenoxy) is 2. The zero-order valence-electron chi connectivity index (χ0n) is 25.0. The quantitative estimate of drug-likeness (QED) is 0.192. The molecule has 1 aliphatic rings. The van der Waals surface area contributed by atoms with E-state index in [0.717, 1.165) is 16.7 Å². The van der Waals surface area contributed by atoms with Crippen LogP contribution in [0.2, 0.25) is 5.02 Å². The van der Waals surface area contributed by atoms with Crippen LogP contribution in [0.25, 0.3) is 5.69 Å². The largest absolute Gasteiger partial charge is 0.573 e. The summed E-state index contributed by atoms with van der Waals surface area (Å²) in [6.07, 6.45) is -9.66. The minimum absolute atomic E-state index is 0.0466. The van der Waals surface area contributed by atoms with E-state index in [1.807, 2.05) is 0 Å². The Morgan fingerprint density at radius 2 is 1.65 bits per heavy atom. The van der Waals surface area contributed by atoms with Gasteiger partial charge in [0.15, 0.2) is 6.61 Å². The first kappa shape index (κ1) is 35.8. The van der Waals surface area contributed by atoms with Crippen molar-refractivity contribution in [3.05, 3.63) is 109 Å². The molecule has 4 aromatic rings. The lowest BCUT2D eigenvalue weighted by atomic mass is 10.1. The summed E-state index contributed by atoms with van der Waals surface area (Å²) in [7, 11) is 0. The molecule has 1 unspecified atom stereocenters. The van der Waals surface area contributed by atoms with E-state index in [1.165, 1.54) is 52.8 Å². The molecule has 0 bridgehead atoms. The Morgan fingerprint density at radius 3 is 2.27 bits per heavy atom. The molecule has 1 atom stereocenters. The number of fused-ring (bicyclic) bond motifs is 1. The number of nitrogens with one attached hydrogen (secondary N) is 1. The van der Waals surface area contributed by atoms with Crippen LogP contribution in [-0.2, 0) is 13.1 Å². The zero-order chi connectivity index (χ0) is 35.8. The fourth-order valence-electron chi connectivity index (χ4n) is 5.17. The molecule has 2 amide bonds. The third-order valence-corrected chi connectivity index (χ3v) is 8.60. The number of alkyl halides is 6. The number of nitrogens with zero attached hydrogens (tertiary/aromatic N) is 3. The third-order valence-electron chi connectivity index (χ3n) is 7.36. The van der Waals surface area contributed by atoms with E-state index >= 15 is 0 Å². The van der Waals surface area contributed by atoms with E-state index < -0.39 is 54.3 Å². The monoisotopic (exact) mass is 778 g/mol. The topological polar surface area (TPSA) is 94.8 Å². The van der Waals surface area contributed by atoms with Crippen molar-refractivity contribution in [1.82, 2.24) is 19.4 Å². The zero-order valence-corrected chi connectivity index (χ0v) is 27.3. The number of aromatic nitrogens is 2. The second kappa shape index (κ2) is 13.8. The molecule has 0 spiro atoms. The summed E-state index contributed by atoms with van der Waals surface area (Å²) in [5.41, 5.74) is -0.823. The second-order valence-corrected chi connectivity index (χ2v) is 12.0. The minimum Gasteiger partial charge on any atom is -0.484 e. The standard InChI is InChI=1S/C31H23BrClF7N4O5/c1-16(21-8-7-20(13-24(21)34)49-31(38,39)40)41-27(45)26-25-14-42(28(46)17-2-9-22(32)23(33)12-17)10-11-43(25)29(47)44(26)18-3-5-19(6-4-18)48-15-30(35,36)37/h2-9,12-13,16H,10-11,14-15H2,1H3,(H,41,45). The highest BCUT2D eigenvalue weighted by molar-refractivity contribution is 9.10. The number of hydrogen-bond acceptors (Lipinski definition) is 5. The number of benzene rings is 3. The fourth-order valence-corrected chi connectivity index (χ4v) is 5.60. The summed E-state index contributed by atoms with van der Waals surface area (Å²) >= 11 is 9.43. The number of carbonyl (C=O) groups is 2. The maximum atomic E-state index is 14.9. The van der Waals surface area contributed by atoms with Gasteiger partial charge in [-0.15, -0.1) is 13.2 Å². The van der Waals surface area contributed by atoms with E-state index in [4.69, 9.17) is 16.3 Å². The Labute approximate surface area is 285 Å². The highest BCUT2D eigenvalue weighted by Gasteiger charge is 2.34. The van der Waals surface area contributed by atoms with Gasteiger partial charge in [0.1, 0.15) is 23.0 Å². The summed E-state index contributed by atoms with van der Waals surface area (Å²) < 4.78 is 102. The van der Waals surface area contributed by atoms with Crippen molar-refractivity contribution in [3.8, 4) is 17.2 Å². The molecule has 0 saturated carbocycles. The van der Waals surface area contributed by atoms with Crippen LogP contribution >= 0.6 is 27.5 Å². The molecule has 1 N–H and O–H groups in total. The molecule has 9 nitrogen and oxygen atoms in total. The molecular formula is C31H23BrClF7N4O5. The maximum absolute atomic E-state index is 14.9. The predicted octanol–water partition coefficient (Wildman–Crippen LogP) is 7.18. The van der Waals surface area contributed by atoms with Gasteiger partial charge < -0.3 is 19.7 Å². The molecule has 0 fully saturated rings. The Kier molecular flexibility index (Phi) is 10.1. The SMILES string of the molecule is CC(NC(=O)c1c2n(c(=O)n1-c1ccc(OCC(F)(F)F)cc1)CCN(C(=O)c1ccc(Br)c(Cl)c1)C2)c1ccc(OC(F)(F)F)cc1F. The first-order valence-corrected chi connectivity index (χ1v) is 15.3. The lowest BCUT2D eigenvalue weighted by molar-refractivity contribution is -0.274. The molecule has 0 aliphatic carbocycles. The Balaban J connectivity index is 1.51. The van der Waals surface area contributed by atoms with Crippen LogP contribution in [0, 0.1) is 5.82 Å². The van der Waals surface area contributed by atoms with Crippen molar-refractivity contribution in [2.45, 2.75) is 38.6 Å². The van der Waals surface area contributed by atoms with Gasteiger partial charge in [0.2, 0.25) is 0 Å². The van der Waals surface area contributed by atoms with Gasteiger partial charge in [-0.3, -0.25) is 18.7 Å². The summed E-state index contributed by atoms with van der Waals surface area (Å²) in [5, 5.41) is 2.81. The third kappa shape index (κ3) is 8.21. The smallest absolute Gasteiger partial charge is 0.484 e. The molecule has 49 heavy (non-hydrogen) atoms. The van der Waals surface area contributed by atoms with Crippen LogP contribution in [0.1, 0.15) is 45.1 Å². The van der Waals surface area contributed by atoms with Crippen LogP contribution < -0.4 is 20.5 Å². The summed E-state index contributed by atoms with van der Waals surface area (Å²) in [5.74, 6) is -3.50. The summed E-state index contributed by atoms with van der Waals surface area (Å²) in [4.78, 5) is 42.5. The van der Waals surface area contributed by atoms with Gasteiger partial charge in [-0.05, 0) is 71.4 Å². The lowest BCUT2D eigenvalue weighted by Crippen LogP contribution is -2.41. The van der Waals surface area contributed by atoms with Crippen LogP contribution in [0.15, 0.2) is 69.9 Å². The molecule has 1 aliphatic heterocycles. The molecule has 2 heterocycles. The molecule has 0 saturated heterocycles. The van der Waals surface area contributed by atoms with Gasteiger partial charge in [0.25, 0.3) is 11.8 Å². The van der Waals surface area contributed by atoms with Crippen molar-refractivity contribution in [2.24, 2.45) is 0 Å². The number of imidazole rings is 1. The number of hydrogen-bond donors (Lipinski definition) is 1. The Bertz CT molecular complexity index is 1960. The molecule has 18 heteroatoms. The average molecular weight is 780 g/mol. The Hall–Kier alpha value is -4.51. The van der Waals surface area contributed by atoms with Gasteiger partial charge in [-0.25, -0.2) is 9.18 Å². The molecule has 1 aromatic heterocycles. The van der Waals surface area contributed by atoms with Gasteiger partial charge in [0, 0.05) is 34.8 Å². The molecule has 5 rings (SSSR count). The average Bonchev–Trinajstić information content (AvgIpc) is 3.31. The first-order valence-electron chi connectivity index (χ1n) is 14.2. The lowest BCUT2D eigenvalue weighted by Gasteiger charge is -2.28. The number of carbonyl (C=O) groups excluding carboxylic acids is 2. The molecule has 3 aromatic carbocycles. The maximum Gasteiger partial charge on any atom is 0.573 e. The fraction of sp³-hybridized carbons (Fsp3) is 0.258. The van der Waals surface area contributed by atoms with E-state index in [9.17, 15) is 45.1 Å². The number of rotatable bonds is 8. The Morgan fingerprint density at radius 1 is 0.980 bits per heavy atom. The van der Waals surface area contributed by atoms with Crippen molar-refractivity contribution in [3.63, 3.8) is 0 Å². The van der Waals surface area contributed by atoms with Crippen LogP contribution in [-0.4, -0.2) is 51.5 Å². The number of halogens is 9. The van der Waals surface area contributed by atoms with Crippen molar-refractivity contribution in [1.29, 1.82) is 0 Å². The van der Waals surface area contributed by atoms with Crippen LogP contribution in [0.5, 0.6) is 11.5 Å². The van der Waals surface area contributed by atoms with E-state index in [2.05, 4.69) is 26.0 Å². The first-order chi connectivity index (χ1) is 22.9. The van der Waals surface area contributed by atoms with Crippen LogP contribution in [0.4, 0.5) is 30.7 Å². The van der Waals surface area contributed by atoms with Gasteiger partial charge in [-0.2, -0.15) is 13.2 Å². The number of amides is 2. The second-order valence-electron chi connectivity index (χ2n) is 10.7. The van der Waals surface area contributed by atoms with Crippen molar-refractivity contribution >= 4 is 39.3 Å². The highest BCUT2D eigenvalue weighted by Crippen LogP contribution is 2.29. The van der Waals surface area contributed by atoms with E-state index in [1.54, 1.807) is 6.07 Å². The van der Waals surface area contributed by atoms with Crippen molar-refractivity contribution in [2.75, 3.05) is 13.2 Å². The van der Waals surface area contributed by atoms with Gasteiger partial charge in [0.05, 0.1) is 29.0 Å².